The smallest absolute Gasteiger partial charge is 0.348 e. The molecule has 0 fully saturated rings. The van der Waals surface area contributed by atoms with Crippen LogP contribution in [-0.4, -0.2) is 16.5 Å². The van der Waals surface area contributed by atoms with Crippen LogP contribution in [-0.2, 0) is 13.0 Å². The molecule has 1 aliphatic rings. The number of fused-ring (bicyclic) bond motifs is 1. The number of hydrogen-bond donors (Lipinski definition) is 0. The predicted octanol–water partition coefficient (Wildman–Crippen LogP) is 3.90. The van der Waals surface area contributed by atoms with Crippen molar-refractivity contribution < 1.29 is 18.0 Å². The summed E-state index contributed by atoms with van der Waals surface area (Å²) in [7, 11) is 0. The van der Waals surface area contributed by atoms with Gasteiger partial charge in [-0.3, -0.25) is 4.79 Å². The number of hydrogen-bond acceptors (Lipinski definition) is 1. The fourth-order valence-electron chi connectivity index (χ4n) is 2.76. The molecule has 1 aliphatic carbocycles. The van der Waals surface area contributed by atoms with Gasteiger partial charge in [0.05, 0.1) is 6.42 Å². The van der Waals surface area contributed by atoms with Crippen molar-refractivity contribution in [3.8, 4) is 0 Å². The maximum Gasteiger partial charge on any atom is 0.390 e. The zero-order valence-corrected chi connectivity index (χ0v) is 11.4. The summed E-state index contributed by atoms with van der Waals surface area (Å²) in [6, 6.07) is 1.73. The summed E-state index contributed by atoms with van der Waals surface area (Å²) in [6.45, 7) is 5.61. The first-order valence-corrected chi connectivity index (χ1v) is 6.38. The van der Waals surface area contributed by atoms with E-state index in [2.05, 4.69) is 0 Å². The molecule has 0 saturated carbocycles. The van der Waals surface area contributed by atoms with E-state index < -0.39 is 12.6 Å². The highest BCUT2D eigenvalue weighted by Gasteiger charge is 2.35. The van der Waals surface area contributed by atoms with Gasteiger partial charge in [-0.15, -0.1) is 0 Å². The van der Waals surface area contributed by atoms with Crippen LogP contribution in [0.4, 0.5) is 13.2 Å². The summed E-state index contributed by atoms with van der Waals surface area (Å²) in [4.78, 5) is 12.0. The molecule has 0 spiro atoms. The summed E-state index contributed by atoms with van der Waals surface area (Å²) in [5, 5.41) is 0. The minimum Gasteiger partial charge on any atom is -0.348 e. The number of aromatic nitrogens is 1. The van der Waals surface area contributed by atoms with Crippen LogP contribution in [0.15, 0.2) is 6.07 Å². The Morgan fingerprint density at radius 2 is 1.95 bits per heavy atom. The van der Waals surface area contributed by atoms with Crippen LogP contribution in [0.1, 0.15) is 48.4 Å². The summed E-state index contributed by atoms with van der Waals surface area (Å²) in [6.07, 6.45) is -3.91. The Morgan fingerprint density at radius 3 is 2.53 bits per heavy atom. The second-order valence-electron chi connectivity index (χ2n) is 6.10. The van der Waals surface area contributed by atoms with Gasteiger partial charge in [0.2, 0.25) is 0 Å². The summed E-state index contributed by atoms with van der Waals surface area (Å²) < 4.78 is 38.7. The van der Waals surface area contributed by atoms with Gasteiger partial charge < -0.3 is 4.57 Å². The van der Waals surface area contributed by atoms with Crippen molar-refractivity contribution in [3.05, 3.63) is 23.0 Å². The third kappa shape index (κ3) is 3.01. The molecule has 1 aromatic rings. The molecule has 1 aromatic heterocycles. The van der Waals surface area contributed by atoms with Crippen LogP contribution in [0.2, 0.25) is 0 Å². The van der Waals surface area contributed by atoms with Crippen LogP contribution < -0.4 is 0 Å². The van der Waals surface area contributed by atoms with E-state index in [1.807, 2.05) is 13.8 Å². The molecule has 0 amide bonds. The molecular formula is C14H18F3NO. The van der Waals surface area contributed by atoms with Crippen molar-refractivity contribution in [2.75, 3.05) is 0 Å². The van der Waals surface area contributed by atoms with E-state index in [-0.39, 0.29) is 17.7 Å². The lowest BCUT2D eigenvalue weighted by molar-refractivity contribution is -0.136. The molecule has 2 nitrogen and oxygen atoms in total. The van der Waals surface area contributed by atoms with Gasteiger partial charge in [-0.1, -0.05) is 13.8 Å². The minimum atomic E-state index is -4.17. The molecule has 0 aromatic carbocycles. The van der Waals surface area contributed by atoms with Gasteiger partial charge in [0.15, 0.2) is 5.78 Å². The molecule has 0 aliphatic heterocycles. The molecule has 0 N–H and O–H groups in total. The van der Waals surface area contributed by atoms with E-state index in [4.69, 9.17) is 0 Å². The number of Topliss-reactive ketones (excluding diaryl/α,β-unsaturated/α-hetero) is 1. The summed E-state index contributed by atoms with van der Waals surface area (Å²) in [5.74, 6) is 0.0418. The number of rotatable bonds is 2. The molecule has 0 radical (unpaired) electrons. The van der Waals surface area contributed by atoms with Crippen LogP contribution in [0, 0.1) is 12.3 Å². The molecule has 0 bridgehead atoms. The van der Waals surface area contributed by atoms with Gasteiger partial charge in [-0.2, -0.15) is 13.2 Å². The second kappa shape index (κ2) is 4.39. The standard InChI is InChI=1S/C14H18F3NO/c1-9-6-10-11(7-13(2,3)8-12(10)19)18(9)5-4-14(15,16)17/h6H,4-5,7-8H2,1-3H3. The molecule has 106 valence electrons. The normalized spacial score (nSPS) is 18.5. The lowest BCUT2D eigenvalue weighted by atomic mass is 9.76. The van der Waals surface area contributed by atoms with E-state index in [9.17, 15) is 18.0 Å². The molecule has 5 heteroatoms. The fourth-order valence-corrected chi connectivity index (χ4v) is 2.76. The maximum atomic E-state index is 12.4. The van der Waals surface area contributed by atoms with Crippen LogP contribution in [0.3, 0.4) is 0 Å². The Morgan fingerprint density at radius 1 is 1.32 bits per heavy atom. The third-order valence-corrected chi connectivity index (χ3v) is 3.62. The van der Waals surface area contributed by atoms with Gasteiger partial charge in [-0.25, -0.2) is 0 Å². The highest BCUT2D eigenvalue weighted by molar-refractivity contribution is 5.99. The van der Waals surface area contributed by atoms with E-state index >= 15 is 0 Å². The Balaban J connectivity index is 2.34. The van der Waals surface area contributed by atoms with Crippen molar-refractivity contribution in [3.63, 3.8) is 0 Å². The highest BCUT2D eigenvalue weighted by atomic mass is 19.4. The zero-order valence-electron chi connectivity index (χ0n) is 11.4. The number of carbonyl (C=O) groups is 1. The van der Waals surface area contributed by atoms with Crippen LogP contribution >= 0.6 is 0 Å². The third-order valence-electron chi connectivity index (χ3n) is 3.62. The first kappa shape index (κ1) is 14.2. The number of alkyl halides is 3. The number of nitrogens with zero attached hydrogens (tertiary/aromatic N) is 1. The van der Waals surface area contributed by atoms with E-state index in [0.29, 0.717) is 18.4 Å². The Hall–Kier alpha value is -1.26. The number of carbonyl (C=O) groups excluding carboxylic acids is 1. The Kier molecular flexibility index (Phi) is 3.27. The summed E-state index contributed by atoms with van der Waals surface area (Å²) in [5.41, 5.74) is 1.94. The van der Waals surface area contributed by atoms with Crippen molar-refractivity contribution >= 4 is 5.78 Å². The van der Waals surface area contributed by atoms with Crippen molar-refractivity contribution in [1.29, 1.82) is 0 Å². The molecule has 0 saturated heterocycles. The van der Waals surface area contributed by atoms with E-state index in [1.165, 1.54) is 0 Å². The molecule has 2 rings (SSSR count). The van der Waals surface area contributed by atoms with Gasteiger partial charge >= 0.3 is 6.18 Å². The van der Waals surface area contributed by atoms with Gasteiger partial charge in [0, 0.05) is 29.9 Å². The maximum absolute atomic E-state index is 12.4. The number of ketones is 1. The molecule has 19 heavy (non-hydrogen) atoms. The van der Waals surface area contributed by atoms with Gasteiger partial charge in [0.1, 0.15) is 0 Å². The second-order valence-corrected chi connectivity index (χ2v) is 6.10. The van der Waals surface area contributed by atoms with Gasteiger partial charge in [-0.05, 0) is 24.8 Å². The predicted molar refractivity (Wildman–Crippen MR) is 66.3 cm³/mol. The Labute approximate surface area is 110 Å². The zero-order chi connectivity index (χ0) is 14.4. The van der Waals surface area contributed by atoms with Crippen molar-refractivity contribution in [2.45, 2.75) is 52.8 Å². The quantitative estimate of drug-likeness (QED) is 0.801. The number of aryl methyl sites for hydroxylation is 1. The fraction of sp³-hybridized carbons (Fsp3) is 0.643. The average molecular weight is 273 g/mol. The number of halogens is 3. The highest BCUT2D eigenvalue weighted by Crippen LogP contribution is 2.36. The van der Waals surface area contributed by atoms with E-state index in [0.717, 1.165) is 11.4 Å². The lowest BCUT2D eigenvalue weighted by Crippen LogP contribution is -2.28. The van der Waals surface area contributed by atoms with Crippen LogP contribution in [0.5, 0.6) is 0 Å². The van der Waals surface area contributed by atoms with Crippen molar-refractivity contribution in [1.82, 2.24) is 4.57 Å². The largest absolute Gasteiger partial charge is 0.390 e. The average Bonchev–Trinajstić information content (AvgIpc) is 2.49. The van der Waals surface area contributed by atoms with Crippen molar-refractivity contribution in [2.24, 2.45) is 5.41 Å². The monoisotopic (exact) mass is 273 g/mol. The van der Waals surface area contributed by atoms with Gasteiger partial charge in [0.25, 0.3) is 0 Å². The minimum absolute atomic E-state index is 0.0418. The van der Waals surface area contributed by atoms with Crippen LogP contribution in [0.25, 0.3) is 0 Å². The van der Waals surface area contributed by atoms with E-state index in [1.54, 1.807) is 17.6 Å². The topological polar surface area (TPSA) is 22.0 Å². The summed E-state index contributed by atoms with van der Waals surface area (Å²) >= 11 is 0. The lowest BCUT2D eigenvalue weighted by Gasteiger charge is -2.30. The molecule has 1 heterocycles. The SMILES string of the molecule is Cc1cc2c(n1CCC(F)(F)F)CC(C)(C)CC2=O. The first-order chi connectivity index (χ1) is 8.59. The molecule has 0 unspecified atom stereocenters. The molecule has 0 atom stereocenters. The molecular weight excluding hydrogens is 255 g/mol. The Bertz CT molecular complexity index is 511. The first-order valence-electron chi connectivity index (χ1n) is 6.38.